The topological polar surface area (TPSA) is 104 Å². The predicted molar refractivity (Wildman–Crippen MR) is 138 cm³/mol. The molecule has 0 saturated heterocycles. The van der Waals surface area contributed by atoms with Crippen LogP contribution >= 0.6 is 0 Å². The van der Waals surface area contributed by atoms with Gasteiger partial charge in [0.15, 0.2) is 5.78 Å². The molecule has 0 fully saturated rings. The standard InChI is InChI=1S/C24H31NO2.C4H4O4/c1-6-25(7-2)14-15-27-22-16-19(4)24(20(5)17-22)23(26)13-12-21-11-9-8-10-18(21)3;5-3(6)1-2-4(7)8/h8-13,16-17H,6-7,14-15H2,1-5H3;1-2H,(H,5,6)(H,7,8)/b13-12+;2-1+. The van der Waals surface area contributed by atoms with E-state index in [0.29, 0.717) is 18.8 Å². The number of carbonyl (C=O) groups excluding carboxylic acids is 1. The van der Waals surface area contributed by atoms with Crippen LogP contribution in [-0.2, 0) is 9.59 Å². The van der Waals surface area contributed by atoms with Crippen molar-refractivity contribution in [3.63, 3.8) is 0 Å². The summed E-state index contributed by atoms with van der Waals surface area (Å²) in [6.07, 6.45) is 4.67. The number of nitrogens with zero attached hydrogens (tertiary/aromatic N) is 1. The monoisotopic (exact) mass is 481 g/mol. The maximum Gasteiger partial charge on any atom is 0.328 e. The molecule has 2 N–H and O–H groups in total. The Morgan fingerprint density at radius 3 is 1.89 bits per heavy atom. The van der Waals surface area contributed by atoms with Crippen molar-refractivity contribution in [3.8, 4) is 5.75 Å². The van der Waals surface area contributed by atoms with Crippen LogP contribution in [0.1, 0.15) is 46.5 Å². The summed E-state index contributed by atoms with van der Waals surface area (Å²) in [6, 6.07) is 12.0. The Morgan fingerprint density at radius 1 is 0.857 bits per heavy atom. The van der Waals surface area contributed by atoms with Crippen LogP contribution in [0.5, 0.6) is 5.75 Å². The number of likely N-dealkylation sites (N-methyl/N-ethyl adjacent to an activating group) is 1. The van der Waals surface area contributed by atoms with E-state index in [9.17, 15) is 14.4 Å². The zero-order valence-electron chi connectivity index (χ0n) is 21.1. The van der Waals surface area contributed by atoms with Gasteiger partial charge in [-0.2, -0.15) is 0 Å². The molecule has 0 saturated carbocycles. The van der Waals surface area contributed by atoms with Crippen LogP contribution in [0.4, 0.5) is 0 Å². The average Bonchev–Trinajstić information content (AvgIpc) is 2.80. The number of aliphatic carboxylic acids is 2. The largest absolute Gasteiger partial charge is 0.492 e. The fourth-order valence-corrected chi connectivity index (χ4v) is 3.39. The Bertz CT molecular complexity index is 1030. The second-order valence-corrected chi connectivity index (χ2v) is 7.87. The molecule has 2 aromatic carbocycles. The van der Waals surface area contributed by atoms with E-state index in [0.717, 1.165) is 53.2 Å². The number of carboxylic acids is 2. The third-order valence-electron chi connectivity index (χ3n) is 5.29. The van der Waals surface area contributed by atoms with Gasteiger partial charge in [0.2, 0.25) is 0 Å². The van der Waals surface area contributed by atoms with Gasteiger partial charge < -0.3 is 19.8 Å². The summed E-state index contributed by atoms with van der Waals surface area (Å²) >= 11 is 0. The lowest BCUT2D eigenvalue weighted by atomic mass is 9.97. The predicted octanol–water partition coefficient (Wildman–Crippen LogP) is 4.94. The number of benzene rings is 2. The first-order valence-electron chi connectivity index (χ1n) is 11.5. The van der Waals surface area contributed by atoms with Crippen LogP contribution in [0.15, 0.2) is 54.6 Å². The number of hydrogen-bond acceptors (Lipinski definition) is 5. The molecule has 2 rings (SSSR count). The maximum atomic E-state index is 12.7. The van der Waals surface area contributed by atoms with Crippen molar-refractivity contribution in [1.29, 1.82) is 0 Å². The zero-order valence-corrected chi connectivity index (χ0v) is 21.1. The molecular weight excluding hydrogens is 446 g/mol. The Kier molecular flexibility index (Phi) is 12.8. The number of carboxylic acid groups (broad SMARTS) is 2. The summed E-state index contributed by atoms with van der Waals surface area (Å²) in [5.41, 5.74) is 4.89. The number of carbonyl (C=O) groups is 3. The molecule has 0 unspecified atom stereocenters. The van der Waals surface area contributed by atoms with E-state index in [-0.39, 0.29) is 5.78 Å². The van der Waals surface area contributed by atoms with Crippen molar-refractivity contribution in [2.75, 3.05) is 26.2 Å². The van der Waals surface area contributed by atoms with Crippen molar-refractivity contribution in [1.82, 2.24) is 4.90 Å². The Balaban J connectivity index is 0.000000658. The van der Waals surface area contributed by atoms with Gasteiger partial charge in [-0.25, -0.2) is 9.59 Å². The summed E-state index contributed by atoms with van der Waals surface area (Å²) in [5.74, 6) is -1.65. The third-order valence-corrected chi connectivity index (χ3v) is 5.29. The molecule has 188 valence electrons. The van der Waals surface area contributed by atoms with Gasteiger partial charge in [-0.05, 0) is 74.3 Å². The molecule has 7 nitrogen and oxygen atoms in total. The maximum absolute atomic E-state index is 12.7. The van der Waals surface area contributed by atoms with Gasteiger partial charge in [-0.15, -0.1) is 0 Å². The molecule has 0 aliphatic carbocycles. The molecule has 0 amide bonds. The molecule has 7 heteroatoms. The summed E-state index contributed by atoms with van der Waals surface area (Å²) in [6.45, 7) is 13.9. The van der Waals surface area contributed by atoms with Crippen molar-refractivity contribution in [2.45, 2.75) is 34.6 Å². The van der Waals surface area contributed by atoms with Crippen LogP contribution in [0.2, 0.25) is 0 Å². The highest BCUT2D eigenvalue weighted by Crippen LogP contribution is 2.23. The van der Waals surface area contributed by atoms with Crippen molar-refractivity contribution in [3.05, 3.63) is 82.4 Å². The second-order valence-electron chi connectivity index (χ2n) is 7.87. The van der Waals surface area contributed by atoms with Gasteiger partial charge in [-0.3, -0.25) is 4.79 Å². The first-order chi connectivity index (χ1) is 16.6. The summed E-state index contributed by atoms with van der Waals surface area (Å²) in [7, 11) is 0. The SMILES string of the molecule is CCN(CC)CCOc1cc(C)c(C(=O)/C=C/c2ccccc2C)c(C)c1.O=C(O)/C=C/C(=O)O. The van der Waals surface area contributed by atoms with Crippen LogP contribution in [0.3, 0.4) is 0 Å². The minimum atomic E-state index is -1.26. The summed E-state index contributed by atoms with van der Waals surface area (Å²) in [4.78, 5) is 34.2. The quantitative estimate of drug-likeness (QED) is 0.346. The first kappa shape index (κ1) is 29.3. The van der Waals surface area contributed by atoms with Crippen molar-refractivity contribution >= 4 is 23.8 Å². The molecule has 0 heterocycles. The molecule has 0 aromatic heterocycles. The van der Waals surface area contributed by atoms with Gasteiger partial charge in [0, 0.05) is 24.3 Å². The lowest BCUT2D eigenvalue weighted by molar-refractivity contribution is -0.134. The fourth-order valence-electron chi connectivity index (χ4n) is 3.39. The fraction of sp³-hybridized carbons (Fsp3) is 0.321. The van der Waals surface area contributed by atoms with Gasteiger partial charge >= 0.3 is 11.9 Å². The van der Waals surface area contributed by atoms with E-state index >= 15 is 0 Å². The Labute approximate surface area is 207 Å². The van der Waals surface area contributed by atoms with E-state index < -0.39 is 11.9 Å². The molecule has 2 aromatic rings. The van der Waals surface area contributed by atoms with Crippen LogP contribution in [0.25, 0.3) is 6.08 Å². The lowest BCUT2D eigenvalue weighted by Crippen LogP contribution is -2.27. The van der Waals surface area contributed by atoms with Crippen molar-refractivity contribution in [2.24, 2.45) is 0 Å². The molecular formula is C28H35NO6. The van der Waals surface area contributed by atoms with Gasteiger partial charge in [0.25, 0.3) is 0 Å². The highest BCUT2D eigenvalue weighted by molar-refractivity contribution is 6.08. The van der Waals surface area contributed by atoms with E-state index in [1.807, 2.05) is 63.2 Å². The number of ketones is 1. The Hall–Kier alpha value is -3.71. The number of ether oxygens (including phenoxy) is 1. The number of rotatable bonds is 11. The molecule has 0 radical (unpaired) electrons. The first-order valence-corrected chi connectivity index (χ1v) is 11.5. The summed E-state index contributed by atoms with van der Waals surface area (Å²) < 4.78 is 5.91. The molecule has 0 spiro atoms. The van der Waals surface area contributed by atoms with E-state index in [1.54, 1.807) is 6.08 Å². The van der Waals surface area contributed by atoms with E-state index in [1.165, 1.54) is 0 Å². The number of aryl methyl sites for hydroxylation is 3. The van der Waals surface area contributed by atoms with Gasteiger partial charge in [0.1, 0.15) is 12.4 Å². The summed E-state index contributed by atoms with van der Waals surface area (Å²) in [5, 5.41) is 15.6. The molecule has 0 aliphatic rings. The minimum absolute atomic E-state index is 0.0305. The minimum Gasteiger partial charge on any atom is -0.492 e. The van der Waals surface area contributed by atoms with E-state index in [2.05, 4.69) is 18.7 Å². The molecule has 35 heavy (non-hydrogen) atoms. The number of allylic oxidation sites excluding steroid dienone is 1. The Morgan fingerprint density at radius 2 is 1.40 bits per heavy atom. The molecule has 0 aliphatic heterocycles. The van der Waals surface area contributed by atoms with E-state index in [4.69, 9.17) is 14.9 Å². The smallest absolute Gasteiger partial charge is 0.328 e. The zero-order chi connectivity index (χ0) is 26.4. The van der Waals surface area contributed by atoms with Crippen LogP contribution < -0.4 is 4.74 Å². The lowest BCUT2D eigenvalue weighted by Gasteiger charge is -2.18. The van der Waals surface area contributed by atoms with Crippen molar-refractivity contribution < 1.29 is 29.3 Å². The second kappa shape index (κ2) is 15.2. The average molecular weight is 482 g/mol. The molecule has 0 atom stereocenters. The van der Waals surface area contributed by atoms with Gasteiger partial charge in [0.05, 0.1) is 0 Å². The molecule has 0 bridgehead atoms. The normalized spacial score (nSPS) is 10.9. The highest BCUT2D eigenvalue weighted by atomic mass is 16.5. The van der Waals surface area contributed by atoms with Crippen LogP contribution in [0, 0.1) is 20.8 Å². The highest BCUT2D eigenvalue weighted by Gasteiger charge is 2.12. The number of hydrogen-bond donors (Lipinski definition) is 2. The van der Waals surface area contributed by atoms with Gasteiger partial charge in [-0.1, -0.05) is 44.2 Å². The third kappa shape index (κ3) is 10.8. The van der Waals surface area contributed by atoms with Crippen LogP contribution in [-0.4, -0.2) is 59.1 Å².